The maximum atomic E-state index is 12.5. The molecule has 24 heavy (non-hydrogen) atoms. The summed E-state index contributed by atoms with van der Waals surface area (Å²) in [5, 5.41) is 7.61. The highest BCUT2D eigenvalue weighted by molar-refractivity contribution is 7.99. The van der Waals surface area contributed by atoms with Gasteiger partial charge in [0.05, 0.1) is 5.75 Å². The highest BCUT2D eigenvalue weighted by Gasteiger charge is 2.17. The van der Waals surface area contributed by atoms with Gasteiger partial charge in [0, 0.05) is 27.7 Å². The van der Waals surface area contributed by atoms with Crippen molar-refractivity contribution in [3.05, 3.63) is 52.3 Å². The van der Waals surface area contributed by atoms with Crippen LogP contribution in [0.5, 0.6) is 0 Å². The van der Waals surface area contributed by atoms with Crippen molar-refractivity contribution in [3.8, 4) is 5.69 Å². The first-order valence-electron chi connectivity index (χ1n) is 7.24. The molecular weight excluding hydrogens is 346 g/mol. The van der Waals surface area contributed by atoms with Crippen molar-refractivity contribution in [2.75, 3.05) is 11.5 Å². The second-order valence-corrected chi connectivity index (χ2v) is 6.69. The summed E-state index contributed by atoms with van der Waals surface area (Å²) in [5.41, 5.74) is 9.04. The number of anilines is 1. The average molecular weight is 362 g/mol. The molecule has 2 heterocycles. The summed E-state index contributed by atoms with van der Waals surface area (Å²) in [5.74, 6) is 0.518. The molecule has 0 aliphatic rings. The molecule has 0 bridgehead atoms. The third-order valence-electron chi connectivity index (χ3n) is 3.63. The molecule has 0 radical (unpaired) electrons. The van der Waals surface area contributed by atoms with E-state index >= 15 is 0 Å². The summed E-state index contributed by atoms with van der Waals surface area (Å²) in [6.07, 6.45) is 0. The Kier molecular flexibility index (Phi) is 4.64. The zero-order valence-corrected chi connectivity index (χ0v) is 14.8. The molecule has 0 unspecified atom stereocenters. The van der Waals surface area contributed by atoms with E-state index in [1.54, 1.807) is 0 Å². The zero-order chi connectivity index (χ0) is 17.3. The Morgan fingerprint density at radius 1 is 1.33 bits per heavy atom. The standard InChI is InChI=1S/C16H16ClN5OS/c1-9-7-13(14(23)8-24-16-19-15(18)20-21-16)10(2)22(9)12-5-3-11(17)4-6-12/h3-7H,8H2,1-2H3,(H3,18,19,20,21). The van der Waals surface area contributed by atoms with Crippen LogP contribution >= 0.6 is 23.4 Å². The van der Waals surface area contributed by atoms with Gasteiger partial charge in [0.15, 0.2) is 5.78 Å². The van der Waals surface area contributed by atoms with Crippen LogP contribution in [0.4, 0.5) is 5.95 Å². The number of hydrogen-bond acceptors (Lipinski definition) is 5. The number of aryl methyl sites for hydroxylation is 1. The summed E-state index contributed by atoms with van der Waals surface area (Å²) in [6.45, 7) is 3.91. The number of nitrogens with two attached hydrogens (primary N) is 1. The quantitative estimate of drug-likeness (QED) is 0.536. The van der Waals surface area contributed by atoms with Crippen LogP contribution in [0.1, 0.15) is 21.7 Å². The van der Waals surface area contributed by atoms with Crippen molar-refractivity contribution in [3.63, 3.8) is 0 Å². The van der Waals surface area contributed by atoms with Crippen molar-refractivity contribution in [1.29, 1.82) is 0 Å². The molecule has 0 atom stereocenters. The normalized spacial score (nSPS) is 11.0. The third-order valence-corrected chi connectivity index (χ3v) is 4.73. The Morgan fingerprint density at radius 3 is 2.67 bits per heavy atom. The van der Waals surface area contributed by atoms with Gasteiger partial charge in [-0.25, -0.2) is 5.10 Å². The molecule has 3 N–H and O–H groups in total. The number of H-pyrrole nitrogens is 1. The lowest BCUT2D eigenvalue weighted by Gasteiger charge is -2.10. The molecular formula is C16H16ClN5OS. The van der Waals surface area contributed by atoms with E-state index in [9.17, 15) is 4.79 Å². The molecule has 0 spiro atoms. The number of thioether (sulfide) groups is 1. The molecule has 0 saturated carbocycles. The van der Waals surface area contributed by atoms with Crippen LogP contribution in [0.3, 0.4) is 0 Å². The molecule has 0 saturated heterocycles. The Bertz CT molecular complexity index is 885. The molecule has 1 aromatic carbocycles. The van der Waals surface area contributed by atoms with Crippen LogP contribution in [0.2, 0.25) is 5.02 Å². The molecule has 0 amide bonds. The van der Waals surface area contributed by atoms with E-state index in [1.807, 2.05) is 48.7 Å². The third kappa shape index (κ3) is 3.32. The van der Waals surface area contributed by atoms with Gasteiger partial charge < -0.3 is 10.3 Å². The van der Waals surface area contributed by atoms with Crippen LogP contribution in [0.15, 0.2) is 35.5 Å². The number of benzene rings is 1. The van der Waals surface area contributed by atoms with Crippen LogP contribution in [0.25, 0.3) is 5.69 Å². The second kappa shape index (κ2) is 6.70. The van der Waals surface area contributed by atoms with Gasteiger partial charge in [-0.2, -0.15) is 4.98 Å². The molecule has 0 aliphatic heterocycles. The molecule has 3 rings (SSSR count). The molecule has 0 aliphatic carbocycles. The maximum absolute atomic E-state index is 12.5. The summed E-state index contributed by atoms with van der Waals surface area (Å²) in [4.78, 5) is 16.5. The summed E-state index contributed by atoms with van der Waals surface area (Å²) in [6, 6.07) is 9.43. The van der Waals surface area contributed by atoms with Gasteiger partial charge in [-0.05, 0) is 44.2 Å². The van der Waals surface area contributed by atoms with E-state index in [-0.39, 0.29) is 17.5 Å². The van der Waals surface area contributed by atoms with Crippen LogP contribution < -0.4 is 5.73 Å². The molecule has 0 fully saturated rings. The minimum atomic E-state index is 0.0247. The smallest absolute Gasteiger partial charge is 0.216 e. The number of carbonyl (C=O) groups excluding carboxylic acids is 1. The number of nitrogens with one attached hydrogen (secondary N) is 1. The van der Waals surface area contributed by atoms with E-state index in [1.165, 1.54) is 11.8 Å². The van der Waals surface area contributed by atoms with Crippen molar-refractivity contribution in [2.45, 2.75) is 19.0 Å². The largest absolute Gasteiger partial charge is 0.368 e. The van der Waals surface area contributed by atoms with Crippen LogP contribution in [-0.4, -0.2) is 31.3 Å². The molecule has 3 aromatic rings. The van der Waals surface area contributed by atoms with E-state index in [0.717, 1.165) is 17.1 Å². The van der Waals surface area contributed by atoms with Gasteiger partial charge in [-0.1, -0.05) is 23.4 Å². The van der Waals surface area contributed by atoms with E-state index < -0.39 is 0 Å². The molecule has 2 aromatic heterocycles. The van der Waals surface area contributed by atoms with Crippen LogP contribution in [-0.2, 0) is 0 Å². The SMILES string of the molecule is Cc1cc(C(=O)CSc2n[nH]c(N)n2)c(C)n1-c1ccc(Cl)cc1. The van der Waals surface area contributed by atoms with Gasteiger partial charge in [0.1, 0.15) is 0 Å². The fourth-order valence-electron chi connectivity index (χ4n) is 2.56. The molecule has 8 heteroatoms. The minimum Gasteiger partial charge on any atom is -0.368 e. The number of nitrogen functional groups attached to an aromatic ring is 1. The number of Topliss-reactive ketones (excluding diaryl/α,β-unsaturated/α-hetero) is 1. The zero-order valence-electron chi connectivity index (χ0n) is 13.2. The number of nitrogens with zero attached hydrogens (tertiary/aromatic N) is 3. The van der Waals surface area contributed by atoms with Gasteiger partial charge >= 0.3 is 0 Å². The predicted molar refractivity (Wildman–Crippen MR) is 96.1 cm³/mol. The fraction of sp³-hybridized carbons (Fsp3) is 0.188. The van der Waals surface area contributed by atoms with E-state index in [4.69, 9.17) is 17.3 Å². The number of aromatic nitrogens is 4. The number of halogens is 1. The number of hydrogen-bond donors (Lipinski definition) is 2. The predicted octanol–water partition coefficient (Wildman–Crippen LogP) is 3.42. The lowest BCUT2D eigenvalue weighted by molar-refractivity contribution is 0.102. The van der Waals surface area contributed by atoms with Crippen LogP contribution in [0, 0.1) is 13.8 Å². The Morgan fingerprint density at radius 2 is 2.04 bits per heavy atom. The number of rotatable bonds is 5. The highest BCUT2D eigenvalue weighted by Crippen LogP contribution is 2.24. The Hall–Kier alpha value is -2.25. The summed E-state index contributed by atoms with van der Waals surface area (Å²) in [7, 11) is 0. The average Bonchev–Trinajstić information content (AvgIpc) is 3.09. The lowest BCUT2D eigenvalue weighted by Crippen LogP contribution is -2.05. The maximum Gasteiger partial charge on any atom is 0.216 e. The van der Waals surface area contributed by atoms with Gasteiger partial charge in [-0.15, -0.1) is 5.10 Å². The first-order valence-corrected chi connectivity index (χ1v) is 8.61. The lowest BCUT2D eigenvalue weighted by atomic mass is 10.2. The Balaban J connectivity index is 1.82. The number of carbonyl (C=O) groups is 1. The first kappa shape index (κ1) is 16.6. The van der Waals surface area contributed by atoms with Crippen molar-refractivity contribution >= 4 is 35.1 Å². The number of aromatic amines is 1. The topological polar surface area (TPSA) is 89.6 Å². The van der Waals surface area contributed by atoms with Crippen molar-refractivity contribution < 1.29 is 4.79 Å². The Labute approximate surface area is 148 Å². The molecule has 6 nitrogen and oxygen atoms in total. The monoisotopic (exact) mass is 361 g/mol. The van der Waals surface area contributed by atoms with Gasteiger partial charge in [0.2, 0.25) is 11.1 Å². The molecule has 124 valence electrons. The fourth-order valence-corrected chi connectivity index (χ4v) is 3.38. The van der Waals surface area contributed by atoms with Crippen molar-refractivity contribution in [2.24, 2.45) is 0 Å². The minimum absolute atomic E-state index is 0.0247. The van der Waals surface area contributed by atoms with Gasteiger partial charge in [-0.3, -0.25) is 4.79 Å². The van der Waals surface area contributed by atoms with E-state index in [0.29, 0.717) is 15.7 Å². The number of ketones is 1. The summed E-state index contributed by atoms with van der Waals surface area (Å²) >= 11 is 7.20. The van der Waals surface area contributed by atoms with Crippen molar-refractivity contribution in [1.82, 2.24) is 19.7 Å². The highest BCUT2D eigenvalue weighted by atomic mass is 35.5. The first-order chi connectivity index (χ1) is 11.5. The van der Waals surface area contributed by atoms with E-state index in [2.05, 4.69) is 15.2 Å². The van der Waals surface area contributed by atoms with Gasteiger partial charge in [0.25, 0.3) is 0 Å². The second-order valence-electron chi connectivity index (χ2n) is 5.31. The summed E-state index contributed by atoms with van der Waals surface area (Å²) < 4.78 is 2.04.